The van der Waals surface area contributed by atoms with Gasteiger partial charge in [0.1, 0.15) is 12.7 Å². The monoisotopic (exact) mass is 530 g/mol. The molecule has 10 nitrogen and oxygen atoms in total. The predicted octanol–water partition coefficient (Wildman–Crippen LogP) is 3.11. The molecule has 0 saturated carbocycles. The summed E-state index contributed by atoms with van der Waals surface area (Å²) in [6, 6.07) is 14.2. The largest absolute Gasteiger partial charge is 0.493 e. The normalized spacial score (nSPS) is 14.9. The zero-order chi connectivity index (χ0) is 27.0. The molecule has 204 valence electrons. The first-order valence-electron chi connectivity index (χ1n) is 13.4. The van der Waals surface area contributed by atoms with E-state index >= 15 is 0 Å². The molecule has 3 heterocycles. The van der Waals surface area contributed by atoms with Crippen LogP contribution in [0.5, 0.6) is 11.5 Å². The Hall–Kier alpha value is -4.34. The number of H-pyrrole nitrogens is 1. The van der Waals surface area contributed by atoms with E-state index in [0.717, 1.165) is 22.2 Å². The second kappa shape index (κ2) is 12.5. The molecule has 2 bridgehead atoms. The number of nitrogens with one attached hydrogen (secondary N) is 2. The molecule has 5 rings (SSSR count). The summed E-state index contributed by atoms with van der Waals surface area (Å²) in [6.07, 6.45) is 6.01. The van der Waals surface area contributed by atoms with Gasteiger partial charge in [-0.2, -0.15) is 5.10 Å². The summed E-state index contributed by atoms with van der Waals surface area (Å²) in [4.78, 5) is 35.1. The Labute approximate surface area is 227 Å². The lowest BCUT2D eigenvalue weighted by Crippen LogP contribution is -2.42. The number of methoxy groups -OCH3 is 1. The molecule has 2 aromatic heterocycles. The quantitative estimate of drug-likeness (QED) is 0.410. The average Bonchev–Trinajstić information content (AvgIpc) is 3.58. The van der Waals surface area contributed by atoms with Gasteiger partial charge in [0.05, 0.1) is 20.3 Å². The van der Waals surface area contributed by atoms with E-state index in [0.29, 0.717) is 69.8 Å². The van der Waals surface area contributed by atoms with Crippen molar-refractivity contribution in [2.45, 2.75) is 38.6 Å². The molecule has 0 unspecified atom stereocenters. The lowest BCUT2D eigenvalue weighted by atomic mass is 10.0. The molecule has 2 amide bonds. The van der Waals surface area contributed by atoms with Crippen LogP contribution in [0.3, 0.4) is 0 Å². The molecular formula is C29H34N6O4. The van der Waals surface area contributed by atoms with Crippen molar-refractivity contribution in [3.05, 3.63) is 71.9 Å². The van der Waals surface area contributed by atoms with Crippen LogP contribution in [0.15, 0.2) is 55.1 Å². The highest BCUT2D eigenvalue weighted by Crippen LogP contribution is 2.31. The van der Waals surface area contributed by atoms with Gasteiger partial charge in [0.2, 0.25) is 11.8 Å². The van der Waals surface area contributed by atoms with E-state index < -0.39 is 0 Å². The van der Waals surface area contributed by atoms with Crippen LogP contribution < -0.4 is 14.8 Å². The summed E-state index contributed by atoms with van der Waals surface area (Å²) < 4.78 is 13.3. The van der Waals surface area contributed by atoms with Crippen molar-refractivity contribution in [2.24, 2.45) is 0 Å². The van der Waals surface area contributed by atoms with Gasteiger partial charge in [-0.3, -0.25) is 14.3 Å². The van der Waals surface area contributed by atoms with E-state index in [-0.39, 0.29) is 18.4 Å². The zero-order valence-electron chi connectivity index (χ0n) is 22.2. The minimum Gasteiger partial charge on any atom is -0.493 e. The van der Waals surface area contributed by atoms with Gasteiger partial charge >= 0.3 is 0 Å². The molecule has 1 aliphatic heterocycles. The lowest BCUT2D eigenvalue weighted by molar-refractivity contribution is -0.136. The molecule has 0 radical (unpaired) electrons. The van der Waals surface area contributed by atoms with Gasteiger partial charge < -0.3 is 24.7 Å². The molecule has 0 spiro atoms. The van der Waals surface area contributed by atoms with Crippen LogP contribution in [-0.4, -0.2) is 69.8 Å². The van der Waals surface area contributed by atoms with Gasteiger partial charge in [-0.1, -0.05) is 24.3 Å². The van der Waals surface area contributed by atoms with Crippen LogP contribution in [0.25, 0.3) is 10.9 Å². The fourth-order valence-corrected chi connectivity index (χ4v) is 5.02. The number of aromatic nitrogens is 4. The van der Waals surface area contributed by atoms with E-state index in [4.69, 9.17) is 9.47 Å². The number of hydrogen-bond donors (Lipinski definition) is 2. The number of ether oxygens (including phenoxy) is 2. The summed E-state index contributed by atoms with van der Waals surface area (Å²) in [7, 11) is 1.63. The van der Waals surface area contributed by atoms with E-state index in [1.807, 2.05) is 30.3 Å². The zero-order valence-corrected chi connectivity index (χ0v) is 22.2. The number of benzene rings is 2. The molecule has 0 aliphatic carbocycles. The highest BCUT2D eigenvalue weighted by Gasteiger charge is 2.19. The summed E-state index contributed by atoms with van der Waals surface area (Å²) in [5, 5.41) is 8.26. The molecule has 0 fully saturated rings. The summed E-state index contributed by atoms with van der Waals surface area (Å²) in [5.74, 6) is 1.10. The predicted molar refractivity (Wildman–Crippen MR) is 147 cm³/mol. The Morgan fingerprint density at radius 3 is 2.95 bits per heavy atom. The number of nitrogens with zero attached hydrogens (tertiary/aromatic N) is 4. The summed E-state index contributed by atoms with van der Waals surface area (Å²) in [6.45, 7) is 1.91. The van der Waals surface area contributed by atoms with Crippen LogP contribution in [0.2, 0.25) is 0 Å². The molecule has 2 N–H and O–H groups in total. The maximum atomic E-state index is 13.1. The van der Waals surface area contributed by atoms with Gasteiger partial charge in [-0.15, -0.1) is 0 Å². The molecule has 0 saturated heterocycles. The lowest BCUT2D eigenvalue weighted by Gasteiger charge is -2.23. The maximum Gasteiger partial charge on any atom is 0.239 e. The number of carbonyl (C=O) groups excluding carboxylic acids is 2. The van der Waals surface area contributed by atoms with Gasteiger partial charge in [-0.25, -0.2) is 4.98 Å². The molecule has 4 aromatic rings. The number of fused-ring (bicyclic) bond motifs is 5. The number of amides is 2. The third-order valence-corrected chi connectivity index (χ3v) is 6.97. The van der Waals surface area contributed by atoms with E-state index in [2.05, 4.69) is 32.5 Å². The Bertz CT molecular complexity index is 1410. The number of aromatic amines is 1. The molecular weight excluding hydrogens is 496 g/mol. The number of hydrogen-bond acceptors (Lipinski definition) is 6. The number of aryl methyl sites for hydroxylation is 1. The van der Waals surface area contributed by atoms with Crippen molar-refractivity contribution >= 4 is 22.7 Å². The van der Waals surface area contributed by atoms with Crippen molar-refractivity contribution < 1.29 is 19.1 Å². The van der Waals surface area contributed by atoms with Gasteiger partial charge in [0.25, 0.3) is 0 Å². The number of rotatable bonds is 5. The van der Waals surface area contributed by atoms with Crippen LogP contribution in [0.1, 0.15) is 36.1 Å². The van der Waals surface area contributed by atoms with E-state index in [1.54, 1.807) is 23.0 Å². The van der Waals surface area contributed by atoms with Crippen molar-refractivity contribution in [1.82, 2.24) is 30.0 Å². The third-order valence-electron chi connectivity index (χ3n) is 6.97. The van der Waals surface area contributed by atoms with Crippen LogP contribution in [0, 0.1) is 0 Å². The fraction of sp³-hybridized carbons (Fsp3) is 0.379. The Morgan fingerprint density at radius 1 is 1.21 bits per heavy atom. The van der Waals surface area contributed by atoms with Crippen LogP contribution >= 0.6 is 0 Å². The van der Waals surface area contributed by atoms with E-state index in [9.17, 15) is 9.59 Å². The van der Waals surface area contributed by atoms with Crippen molar-refractivity contribution in [1.29, 1.82) is 0 Å². The Balaban J connectivity index is 1.35. The maximum absolute atomic E-state index is 13.1. The number of para-hydroxylation sites is 1. The highest BCUT2D eigenvalue weighted by molar-refractivity contribution is 5.86. The first kappa shape index (κ1) is 26.3. The van der Waals surface area contributed by atoms with Crippen LogP contribution in [-0.2, 0) is 29.0 Å². The smallest absolute Gasteiger partial charge is 0.239 e. The van der Waals surface area contributed by atoms with Crippen molar-refractivity contribution in [3.63, 3.8) is 0 Å². The number of carbonyl (C=O) groups is 2. The molecule has 1 aliphatic rings. The Kier molecular flexibility index (Phi) is 8.40. The molecule has 39 heavy (non-hydrogen) atoms. The van der Waals surface area contributed by atoms with E-state index in [1.165, 1.54) is 11.9 Å². The van der Waals surface area contributed by atoms with Gasteiger partial charge in [0, 0.05) is 49.1 Å². The minimum absolute atomic E-state index is 0.0156. The molecule has 2 aromatic carbocycles. The van der Waals surface area contributed by atoms with Gasteiger partial charge in [-0.05, 0) is 48.6 Å². The fourth-order valence-electron chi connectivity index (χ4n) is 5.02. The third kappa shape index (κ3) is 6.57. The van der Waals surface area contributed by atoms with Crippen LogP contribution in [0.4, 0.5) is 0 Å². The highest BCUT2D eigenvalue weighted by atomic mass is 16.5. The first-order valence-corrected chi connectivity index (χ1v) is 13.4. The second-order valence-corrected chi connectivity index (χ2v) is 9.67. The first-order chi connectivity index (χ1) is 19.1. The standard InChI is InChI=1S/C29H34N6O4/c1-38-26-10-9-21-16-25-23(22-6-2-3-7-24(22)33-25)11-12-31-28(36)18-34(13-5-15-39-27(26)17-21)29(37)8-4-14-35-20-30-19-32-35/h2-3,6-7,9-10,17,19-20,33H,4-5,8,11-16,18H2,1H3,(H,31,36). The topological polar surface area (TPSA) is 114 Å². The summed E-state index contributed by atoms with van der Waals surface area (Å²) >= 11 is 0. The summed E-state index contributed by atoms with van der Waals surface area (Å²) in [5.41, 5.74) is 4.45. The van der Waals surface area contributed by atoms with Gasteiger partial charge in [0.15, 0.2) is 11.5 Å². The minimum atomic E-state index is -0.166. The SMILES string of the molecule is COc1ccc2cc1OCCCN(C(=O)CCCn1cncn1)CC(=O)NCCc1c([nH]c3ccccc13)C2. The van der Waals surface area contributed by atoms with Crippen molar-refractivity contribution in [3.8, 4) is 11.5 Å². The van der Waals surface area contributed by atoms with Crippen molar-refractivity contribution in [2.75, 3.05) is 33.4 Å². The second-order valence-electron chi connectivity index (χ2n) is 9.67. The average molecular weight is 531 g/mol. The Morgan fingerprint density at radius 2 is 2.10 bits per heavy atom. The molecule has 0 atom stereocenters. The molecule has 10 heteroatoms.